The van der Waals surface area contributed by atoms with Crippen molar-refractivity contribution >= 4 is 5.97 Å². The van der Waals surface area contributed by atoms with Gasteiger partial charge in [-0.25, -0.2) is 4.79 Å². The van der Waals surface area contributed by atoms with E-state index in [1.165, 1.54) is 32.1 Å². The van der Waals surface area contributed by atoms with Crippen molar-refractivity contribution in [3.05, 3.63) is 66.5 Å². The van der Waals surface area contributed by atoms with Gasteiger partial charge in [0.1, 0.15) is 17.1 Å². The van der Waals surface area contributed by atoms with E-state index in [0.717, 1.165) is 25.0 Å². The number of carbonyl (C=O) groups is 1. The standard InChI is InChI=1S/C22H30O3/c1-3-5-7-8-9-10-12-16-19(15-11-6-4-2)25-21-18-14-13-17-20(21)22(23)24/h4,6,11,13-15,17-18H,2-3,5,7-10,12,16H2,1H3,(H,23,24). The maximum atomic E-state index is 11.3. The maximum Gasteiger partial charge on any atom is 0.339 e. The van der Waals surface area contributed by atoms with Crippen molar-refractivity contribution in [1.29, 1.82) is 0 Å². The van der Waals surface area contributed by atoms with Crippen molar-refractivity contribution in [2.45, 2.75) is 58.3 Å². The van der Waals surface area contributed by atoms with Gasteiger partial charge in [0.05, 0.1) is 0 Å². The van der Waals surface area contributed by atoms with Gasteiger partial charge in [0, 0.05) is 6.42 Å². The van der Waals surface area contributed by atoms with Crippen LogP contribution in [-0.4, -0.2) is 11.1 Å². The fraction of sp³-hybridized carbons (Fsp3) is 0.409. The highest BCUT2D eigenvalue weighted by molar-refractivity contribution is 5.90. The summed E-state index contributed by atoms with van der Waals surface area (Å²) in [4.78, 5) is 11.3. The van der Waals surface area contributed by atoms with Gasteiger partial charge in [-0.3, -0.25) is 0 Å². The molecule has 25 heavy (non-hydrogen) atoms. The van der Waals surface area contributed by atoms with Gasteiger partial charge in [-0.05, 0) is 24.6 Å². The second-order valence-electron chi connectivity index (χ2n) is 6.03. The molecule has 0 atom stereocenters. The number of benzene rings is 1. The number of hydrogen-bond acceptors (Lipinski definition) is 2. The first kappa shape index (κ1) is 20.8. The molecular weight excluding hydrogens is 312 g/mol. The zero-order valence-electron chi connectivity index (χ0n) is 15.2. The highest BCUT2D eigenvalue weighted by Crippen LogP contribution is 2.23. The van der Waals surface area contributed by atoms with Crippen molar-refractivity contribution in [2.75, 3.05) is 0 Å². The molecule has 0 amide bonds. The van der Waals surface area contributed by atoms with E-state index in [4.69, 9.17) is 4.74 Å². The molecule has 1 rings (SSSR count). The minimum Gasteiger partial charge on any atom is -0.478 e. The summed E-state index contributed by atoms with van der Waals surface area (Å²) in [6.45, 7) is 5.88. The smallest absolute Gasteiger partial charge is 0.339 e. The predicted molar refractivity (Wildman–Crippen MR) is 104 cm³/mol. The second-order valence-corrected chi connectivity index (χ2v) is 6.03. The third-order valence-electron chi connectivity index (χ3n) is 3.91. The van der Waals surface area contributed by atoms with Crippen LogP contribution >= 0.6 is 0 Å². The Bertz CT molecular complexity index is 585. The Morgan fingerprint density at radius 3 is 2.44 bits per heavy atom. The quantitative estimate of drug-likeness (QED) is 0.252. The van der Waals surface area contributed by atoms with Gasteiger partial charge in [-0.1, -0.05) is 82.4 Å². The van der Waals surface area contributed by atoms with Crippen LogP contribution in [0.4, 0.5) is 0 Å². The van der Waals surface area contributed by atoms with E-state index in [9.17, 15) is 9.90 Å². The number of carboxylic acids is 1. The second kappa shape index (κ2) is 13.1. The number of para-hydroxylation sites is 1. The zero-order valence-corrected chi connectivity index (χ0v) is 15.2. The number of carboxylic acid groups (broad SMARTS) is 1. The Kier molecular flexibility index (Phi) is 10.8. The number of hydrogen-bond donors (Lipinski definition) is 1. The van der Waals surface area contributed by atoms with Crippen molar-refractivity contribution in [3.63, 3.8) is 0 Å². The summed E-state index contributed by atoms with van der Waals surface area (Å²) >= 11 is 0. The van der Waals surface area contributed by atoms with Crippen LogP contribution in [0.25, 0.3) is 0 Å². The third kappa shape index (κ3) is 8.94. The van der Waals surface area contributed by atoms with Crippen molar-refractivity contribution in [1.82, 2.24) is 0 Å². The summed E-state index contributed by atoms with van der Waals surface area (Å²) in [6, 6.07) is 6.74. The van der Waals surface area contributed by atoms with Gasteiger partial charge in [-0.2, -0.15) is 0 Å². The highest BCUT2D eigenvalue weighted by atomic mass is 16.5. The van der Waals surface area contributed by atoms with Crippen LogP contribution in [0.5, 0.6) is 5.75 Å². The van der Waals surface area contributed by atoms with Gasteiger partial charge in [-0.15, -0.1) is 0 Å². The summed E-state index contributed by atoms with van der Waals surface area (Å²) in [5.41, 5.74) is 0.181. The molecule has 0 aliphatic heterocycles. The van der Waals surface area contributed by atoms with E-state index in [-0.39, 0.29) is 5.56 Å². The van der Waals surface area contributed by atoms with Crippen molar-refractivity contribution < 1.29 is 14.6 Å². The Balaban J connectivity index is 2.62. The van der Waals surface area contributed by atoms with E-state index < -0.39 is 5.97 Å². The lowest BCUT2D eigenvalue weighted by atomic mass is 10.1. The minimum atomic E-state index is -0.979. The van der Waals surface area contributed by atoms with E-state index in [1.807, 2.05) is 18.2 Å². The number of ether oxygens (including phenoxy) is 1. The first-order valence-electron chi connectivity index (χ1n) is 9.17. The molecule has 0 saturated carbocycles. The fourth-order valence-corrected chi connectivity index (χ4v) is 2.54. The highest BCUT2D eigenvalue weighted by Gasteiger charge is 2.11. The first-order valence-corrected chi connectivity index (χ1v) is 9.17. The number of aromatic carboxylic acids is 1. The van der Waals surface area contributed by atoms with Crippen LogP contribution in [0.2, 0.25) is 0 Å². The van der Waals surface area contributed by atoms with Crippen LogP contribution < -0.4 is 4.74 Å². The molecule has 3 heteroatoms. The number of unbranched alkanes of at least 4 members (excludes halogenated alkanes) is 6. The molecule has 0 aliphatic carbocycles. The average molecular weight is 342 g/mol. The predicted octanol–water partition coefficient (Wildman–Crippen LogP) is 6.53. The van der Waals surface area contributed by atoms with E-state index in [0.29, 0.717) is 5.75 Å². The van der Waals surface area contributed by atoms with Crippen LogP contribution in [0.1, 0.15) is 68.6 Å². The molecule has 0 saturated heterocycles. The van der Waals surface area contributed by atoms with Crippen LogP contribution in [0, 0.1) is 0 Å². The number of rotatable bonds is 13. The van der Waals surface area contributed by atoms with E-state index in [2.05, 4.69) is 13.5 Å². The summed E-state index contributed by atoms with van der Waals surface area (Å²) in [5.74, 6) is 0.184. The van der Waals surface area contributed by atoms with E-state index in [1.54, 1.807) is 30.3 Å². The largest absolute Gasteiger partial charge is 0.478 e. The molecule has 0 unspecified atom stereocenters. The lowest BCUT2D eigenvalue weighted by molar-refractivity contribution is 0.0693. The molecule has 0 bridgehead atoms. The maximum absolute atomic E-state index is 11.3. The molecule has 0 fully saturated rings. The Hall–Kier alpha value is -2.29. The summed E-state index contributed by atoms with van der Waals surface area (Å²) < 4.78 is 5.89. The SMILES string of the molecule is C=CC=CC=C(CCCCCCCCC)Oc1ccccc1C(=O)O. The van der Waals surface area contributed by atoms with Gasteiger partial charge in [0.15, 0.2) is 0 Å². The summed E-state index contributed by atoms with van der Waals surface area (Å²) in [7, 11) is 0. The van der Waals surface area contributed by atoms with Crippen LogP contribution in [0.3, 0.4) is 0 Å². The van der Waals surface area contributed by atoms with Crippen molar-refractivity contribution in [2.24, 2.45) is 0 Å². The van der Waals surface area contributed by atoms with Crippen LogP contribution in [-0.2, 0) is 0 Å². The lowest BCUT2D eigenvalue weighted by Crippen LogP contribution is -2.03. The van der Waals surface area contributed by atoms with Gasteiger partial charge < -0.3 is 9.84 Å². The number of allylic oxidation sites excluding steroid dienone is 5. The zero-order chi connectivity index (χ0) is 18.3. The molecule has 0 spiro atoms. The molecule has 1 aromatic carbocycles. The molecule has 3 nitrogen and oxygen atoms in total. The molecule has 136 valence electrons. The van der Waals surface area contributed by atoms with Gasteiger partial charge in [0.2, 0.25) is 0 Å². The topological polar surface area (TPSA) is 46.5 Å². The molecule has 1 aromatic rings. The molecular formula is C22H30O3. The van der Waals surface area contributed by atoms with Gasteiger partial charge in [0.25, 0.3) is 0 Å². The first-order chi connectivity index (χ1) is 12.2. The van der Waals surface area contributed by atoms with Crippen molar-refractivity contribution in [3.8, 4) is 5.75 Å². The van der Waals surface area contributed by atoms with E-state index >= 15 is 0 Å². The van der Waals surface area contributed by atoms with Gasteiger partial charge >= 0.3 is 5.97 Å². The Morgan fingerprint density at radius 2 is 1.76 bits per heavy atom. The minimum absolute atomic E-state index is 0.181. The monoisotopic (exact) mass is 342 g/mol. The Morgan fingerprint density at radius 1 is 1.08 bits per heavy atom. The third-order valence-corrected chi connectivity index (χ3v) is 3.91. The molecule has 0 heterocycles. The Labute approximate surface area is 151 Å². The summed E-state index contributed by atoms with van der Waals surface area (Å²) in [5, 5.41) is 9.28. The molecule has 0 aromatic heterocycles. The summed E-state index contributed by atoms with van der Waals surface area (Å²) in [6.07, 6.45) is 16.7. The normalized spacial score (nSPS) is 11.6. The average Bonchev–Trinajstić information content (AvgIpc) is 2.61. The fourth-order valence-electron chi connectivity index (χ4n) is 2.54. The molecule has 0 aliphatic rings. The van der Waals surface area contributed by atoms with Crippen LogP contribution in [0.15, 0.2) is 60.9 Å². The lowest BCUT2D eigenvalue weighted by Gasteiger charge is -2.12. The molecule has 1 N–H and O–H groups in total. The molecule has 0 radical (unpaired) electrons.